The second-order valence-electron chi connectivity index (χ2n) is 6.68. The molecule has 0 atom stereocenters. The Hall–Kier alpha value is -3.59. The highest BCUT2D eigenvalue weighted by Gasteiger charge is 2.35. The van der Waals surface area contributed by atoms with Crippen molar-refractivity contribution in [3.63, 3.8) is 0 Å². The van der Waals surface area contributed by atoms with Crippen molar-refractivity contribution < 1.29 is 18.0 Å². The van der Waals surface area contributed by atoms with Crippen molar-refractivity contribution in [1.29, 1.82) is 0 Å². The summed E-state index contributed by atoms with van der Waals surface area (Å²) in [6, 6.07) is 15.2. The van der Waals surface area contributed by atoms with E-state index < -0.39 is 11.9 Å². The number of rotatable bonds is 4. The number of nitrogens with one attached hydrogen (secondary N) is 1. The molecule has 0 saturated heterocycles. The number of hydrogen-bond donors (Lipinski definition) is 1. The van der Waals surface area contributed by atoms with Gasteiger partial charge in [0.15, 0.2) is 11.5 Å². The normalized spacial score (nSPS) is 11.5. The van der Waals surface area contributed by atoms with Crippen LogP contribution in [-0.4, -0.2) is 25.5 Å². The Bertz CT molecular complexity index is 1240. The third-order valence-electron chi connectivity index (χ3n) is 4.48. The number of benzene rings is 2. The zero-order valence-corrected chi connectivity index (χ0v) is 16.8. The highest BCUT2D eigenvalue weighted by molar-refractivity contribution is 6.32. The van der Waals surface area contributed by atoms with Crippen molar-refractivity contribution in [3.05, 3.63) is 83.1 Å². The third-order valence-corrected chi connectivity index (χ3v) is 4.80. The SMILES string of the molecule is Cn1ccc(NC(=O)c2ccc(-c3cc(C(F)(F)F)nn3-c3ccccc3Cl)cc2)n1. The van der Waals surface area contributed by atoms with E-state index in [0.717, 1.165) is 10.7 Å². The molecule has 2 heterocycles. The van der Waals surface area contributed by atoms with Crippen molar-refractivity contribution in [2.45, 2.75) is 6.18 Å². The lowest BCUT2D eigenvalue weighted by molar-refractivity contribution is -0.141. The number of amides is 1. The fourth-order valence-corrected chi connectivity index (χ4v) is 3.21. The number of alkyl halides is 3. The molecule has 2 aromatic heterocycles. The first-order valence-electron chi connectivity index (χ1n) is 9.06. The summed E-state index contributed by atoms with van der Waals surface area (Å²) < 4.78 is 42.7. The molecule has 0 aliphatic rings. The monoisotopic (exact) mass is 445 g/mol. The zero-order chi connectivity index (χ0) is 22.2. The van der Waals surface area contributed by atoms with Gasteiger partial charge in [-0.1, -0.05) is 35.9 Å². The Morgan fingerprint density at radius 3 is 2.35 bits per heavy atom. The average Bonchev–Trinajstić information content (AvgIpc) is 3.35. The first kappa shape index (κ1) is 20.7. The second kappa shape index (κ2) is 7.92. The number of halogens is 4. The predicted octanol–water partition coefficient (Wildman–Crippen LogP) is 5.20. The smallest absolute Gasteiger partial charge is 0.305 e. The summed E-state index contributed by atoms with van der Waals surface area (Å²) in [4.78, 5) is 12.4. The number of aromatic nitrogens is 4. The largest absolute Gasteiger partial charge is 0.435 e. The molecule has 4 aromatic rings. The summed E-state index contributed by atoms with van der Waals surface area (Å²) >= 11 is 6.18. The maximum Gasteiger partial charge on any atom is 0.435 e. The fraction of sp³-hybridized carbons (Fsp3) is 0.0952. The summed E-state index contributed by atoms with van der Waals surface area (Å²) in [7, 11) is 1.72. The number of carbonyl (C=O) groups excluding carboxylic acids is 1. The van der Waals surface area contributed by atoms with Crippen LogP contribution in [0.5, 0.6) is 0 Å². The number of carbonyl (C=O) groups is 1. The number of aryl methyl sites for hydroxylation is 1. The first-order valence-corrected chi connectivity index (χ1v) is 9.44. The molecule has 0 bridgehead atoms. The molecular weight excluding hydrogens is 431 g/mol. The van der Waals surface area contributed by atoms with Crippen LogP contribution in [0.15, 0.2) is 66.9 Å². The maximum absolute atomic E-state index is 13.3. The van der Waals surface area contributed by atoms with Crippen LogP contribution in [-0.2, 0) is 13.2 Å². The van der Waals surface area contributed by atoms with Gasteiger partial charge in [-0.15, -0.1) is 0 Å². The van der Waals surface area contributed by atoms with Crippen molar-refractivity contribution >= 4 is 23.3 Å². The Labute approximate surface area is 179 Å². The van der Waals surface area contributed by atoms with Crippen LogP contribution in [0.1, 0.15) is 16.1 Å². The highest BCUT2D eigenvalue weighted by Crippen LogP contribution is 2.34. The molecule has 158 valence electrons. The summed E-state index contributed by atoms with van der Waals surface area (Å²) in [5, 5.41) is 10.7. The Kier molecular flexibility index (Phi) is 5.28. The Balaban J connectivity index is 1.69. The minimum Gasteiger partial charge on any atom is -0.305 e. The molecule has 0 saturated carbocycles. The molecule has 10 heteroatoms. The number of para-hydroxylation sites is 1. The van der Waals surface area contributed by atoms with Gasteiger partial charge in [0.25, 0.3) is 5.91 Å². The van der Waals surface area contributed by atoms with E-state index in [1.54, 1.807) is 60.4 Å². The van der Waals surface area contributed by atoms with Gasteiger partial charge in [-0.2, -0.15) is 23.4 Å². The van der Waals surface area contributed by atoms with Gasteiger partial charge in [0.2, 0.25) is 0 Å². The molecule has 31 heavy (non-hydrogen) atoms. The quantitative estimate of drug-likeness (QED) is 0.469. The lowest BCUT2D eigenvalue weighted by Gasteiger charge is -2.10. The summed E-state index contributed by atoms with van der Waals surface area (Å²) in [5.41, 5.74) is 0.231. The van der Waals surface area contributed by atoms with Gasteiger partial charge in [-0.05, 0) is 30.3 Å². The molecule has 0 spiro atoms. The van der Waals surface area contributed by atoms with E-state index >= 15 is 0 Å². The lowest BCUT2D eigenvalue weighted by Crippen LogP contribution is -2.12. The molecule has 0 fully saturated rings. The number of anilines is 1. The fourth-order valence-electron chi connectivity index (χ4n) is 2.99. The molecule has 2 aromatic carbocycles. The second-order valence-corrected chi connectivity index (χ2v) is 7.09. The van der Waals surface area contributed by atoms with Crippen LogP contribution in [0.3, 0.4) is 0 Å². The summed E-state index contributed by atoms with van der Waals surface area (Å²) in [6.45, 7) is 0. The maximum atomic E-state index is 13.3. The Morgan fingerprint density at radius 2 is 1.74 bits per heavy atom. The van der Waals surface area contributed by atoms with E-state index in [9.17, 15) is 18.0 Å². The van der Waals surface area contributed by atoms with Crippen molar-refractivity contribution in [3.8, 4) is 16.9 Å². The van der Waals surface area contributed by atoms with E-state index in [1.807, 2.05) is 0 Å². The van der Waals surface area contributed by atoms with Crippen molar-refractivity contribution in [2.75, 3.05) is 5.32 Å². The summed E-state index contributed by atoms with van der Waals surface area (Å²) in [5.74, 6) is 0.00373. The molecule has 0 unspecified atom stereocenters. The van der Waals surface area contributed by atoms with Gasteiger partial charge < -0.3 is 5.32 Å². The minimum atomic E-state index is -4.62. The molecule has 1 N–H and O–H groups in total. The van der Waals surface area contributed by atoms with Crippen LogP contribution >= 0.6 is 11.6 Å². The molecule has 0 aliphatic carbocycles. The van der Waals surface area contributed by atoms with Crippen LogP contribution in [0, 0.1) is 0 Å². The van der Waals surface area contributed by atoms with E-state index in [-0.39, 0.29) is 16.6 Å². The number of nitrogens with zero attached hydrogens (tertiary/aromatic N) is 4. The number of hydrogen-bond acceptors (Lipinski definition) is 3. The lowest BCUT2D eigenvalue weighted by atomic mass is 10.1. The van der Waals surface area contributed by atoms with Gasteiger partial charge in [0, 0.05) is 30.4 Å². The minimum absolute atomic E-state index is 0.192. The molecule has 0 aliphatic heterocycles. The Morgan fingerprint density at radius 1 is 1.03 bits per heavy atom. The van der Waals surface area contributed by atoms with Crippen LogP contribution in [0.4, 0.5) is 19.0 Å². The van der Waals surface area contributed by atoms with E-state index in [1.165, 1.54) is 12.1 Å². The molecule has 1 amide bonds. The van der Waals surface area contributed by atoms with Crippen molar-refractivity contribution in [2.24, 2.45) is 7.05 Å². The molecule has 6 nitrogen and oxygen atoms in total. The van der Waals surface area contributed by atoms with Crippen LogP contribution < -0.4 is 5.32 Å². The van der Waals surface area contributed by atoms with Gasteiger partial charge in [0.1, 0.15) is 0 Å². The zero-order valence-electron chi connectivity index (χ0n) is 16.1. The first-order chi connectivity index (χ1) is 14.7. The van der Waals surface area contributed by atoms with Gasteiger partial charge in [-0.25, -0.2) is 4.68 Å². The van der Waals surface area contributed by atoms with Crippen LogP contribution in [0.25, 0.3) is 16.9 Å². The van der Waals surface area contributed by atoms with E-state index in [2.05, 4.69) is 15.5 Å². The van der Waals surface area contributed by atoms with Gasteiger partial charge in [-0.3, -0.25) is 9.48 Å². The third kappa shape index (κ3) is 4.31. The predicted molar refractivity (Wildman–Crippen MR) is 110 cm³/mol. The van der Waals surface area contributed by atoms with Gasteiger partial charge in [0.05, 0.1) is 16.4 Å². The van der Waals surface area contributed by atoms with E-state index in [4.69, 9.17) is 11.6 Å². The van der Waals surface area contributed by atoms with Crippen molar-refractivity contribution in [1.82, 2.24) is 19.6 Å². The summed E-state index contributed by atoms with van der Waals surface area (Å²) in [6.07, 6.45) is -2.93. The van der Waals surface area contributed by atoms with Crippen LogP contribution in [0.2, 0.25) is 5.02 Å². The topological polar surface area (TPSA) is 64.7 Å². The van der Waals surface area contributed by atoms with E-state index in [0.29, 0.717) is 22.6 Å². The average molecular weight is 446 g/mol. The molecular formula is C21H15ClF3N5O. The molecule has 4 rings (SSSR count). The standard InChI is InChI=1S/C21H15ClF3N5O/c1-29-11-10-19(28-29)26-20(31)14-8-6-13(7-9-14)17-12-18(21(23,24)25)27-30(17)16-5-3-2-4-15(16)22/h2-12H,1H3,(H,26,28,31). The highest BCUT2D eigenvalue weighted by atomic mass is 35.5. The molecule has 0 radical (unpaired) electrons. The van der Waals surface area contributed by atoms with Gasteiger partial charge >= 0.3 is 6.18 Å².